The van der Waals surface area contributed by atoms with E-state index in [4.69, 9.17) is 0 Å². The van der Waals surface area contributed by atoms with Gasteiger partial charge in [0.05, 0.1) is 5.92 Å². The average Bonchev–Trinajstić information content (AvgIpc) is 3.12. The molecule has 6 heteroatoms. The zero-order chi connectivity index (χ0) is 19.8. The Bertz CT molecular complexity index is 641. The lowest BCUT2D eigenvalue weighted by atomic mass is 9.89. The molecule has 1 fully saturated rings. The number of benzene rings is 1. The standard InChI is InChI=1S/C21H30N2O4/c1-3-12-22(13-4-2)19(24)10-11-20(25)23-14-17(18(15-23)21(26)27)16-8-6-5-7-9-16/h5-9,17-18H,3-4,10-15H2,1-2H3,(H,26,27). The molecule has 1 aromatic rings. The SMILES string of the molecule is CCCN(CCC)C(=O)CCC(=O)N1CC(C(=O)O)C(c2ccccc2)C1. The van der Waals surface area contributed by atoms with Crippen LogP contribution in [0.15, 0.2) is 30.3 Å². The average molecular weight is 374 g/mol. The van der Waals surface area contributed by atoms with Gasteiger partial charge in [0.2, 0.25) is 11.8 Å². The van der Waals surface area contributed by atoms with Gasteiger partial charge in [0, 0.05) is 44.9 Å². The molecule has 0 bridgehead atoms. The molecule has 1 heterocycles. The number of carbonyl (C=O) groups excluding carboxylic acids is 2. The molecular weight excluding hydrogens is 344 g/mol. The molecule has 1 N–H and O–H groups in total. The van der Waals surface area contributed by atoms with E-state index >= 15 is 0 Å². The highest BCUT2D eigenvalue weighted by Gasteiger charge is 2.40. The van der Waals surface area contributed by atoms with E-state index in [9.17, 15) is 19.5 Å². The first-order valence-electron chi connectivity index (χ1n) is 9.81. The first kappa shape index (κ1) is 20.9. The molecule has 1 aromatic carbocycles. The molecule has 0 aromatic heterocycles. The molecule has 0 radical (unpaired) electrons. The Balaban J connectivity index is 1.96. The number of amides is 2. The molecule has 1 saturated heterocycles. The summed E-state index contributed by atoms with van der Waals surface area (Å²) in [6, 6.07) is 9.47. The smallest absolute Gasteiger partial charge is 0.308 e. The maximum atomic E-state index is 12.6. The zero-order valence-electron chi connectivity index (χ0n) is 16.3. The van der Waals surface area contributed by atoms with Crippen LogP contribution < -0.4 is 0 Å². The highest BCUT2D eigenvalue weighted by Crippen LogP contribution is 2.33. The first-order valence-corrected chi connectivity index (χ1v) is 9.81. The van der Waals surface area contributed by atoms with Crippen LogP contribution in [0.3, 0.4) is 0 Å². The molecule has 0 spiro atoms. The maximum Gasteiger partial charge on any atom is 0.308 e. The Morgan fingerprint density at radius 1 is 1.04 bits per heavy atom. The Hall–Kier alpha value is -2.37. The van der Waals surface area contributed by atoms with E-state index in [1.807, 2.05) is 49.1 Å². The van der Waals surface area contributed by atoms with Crippen molar-refractivity contribution in [2.45, 2.75) is 45.4 Å². The van der Waals surface area contributed by atoms with Crippen molar-refractivity contribution in [3.8, 4) is 0 Å². The molecule has 0 aliphatic carbocycles. The second kappa shape index (κ2) is 10.1. The van der Waals surface area contributed by atoms with Crippen molar-refractivity contribution in [1.29, 1.82) is 0 Å². The van der Waals surface area contributed by atoms with Crippen LogP contribution in [0.2, 0.25) is 0 Å². The summed E-state index contributed by atoms with van der Waals surface area (Å²) in [7, 11) is 0. The van der Waals surface area contributed by atoms with Crippen molar-refractivity contribution < 1.29 is 19.5 Å². The lowest BCUT2D eigenvalue weighted by Crippen LogP contribution is -2.34. The number of likely N-dealkylation sites (tertiary alicyclic amines) is 1. The first-order chi connectivity index (χ1) is 13.0. The molecule has 27 heavy (non-hydrogen) atoms. The van der Waals surface area contributed by atoms with Gasteiger partial charge in [-0.25, -0.2) is 0 Å². The van der Waals surface area contributed by atoms with Crippen LogP contribution in [-0.4, -0.2) is 58.9 Å². The van der Waals surface area contributed by atoms with Crippen LogP contribution in [0, 0.1) is 5.92 Å². The molecule has 2 atom stereocenters. The summed E-state index contributed by atoms with van der Waals surface area (Å²) in [4.78, 5) is 40.0. The van der Waals surface area contributed by atoms with Gasteiger partial charge in [0.15, 0.2) is 0 Å². The van der Waals surface area contributed by atoms with E-state index in [2.05, 4.69) is 0 Å². The summed E-state index contributed by atoms with van der Waals surface area (Å²) in [6.07, 6.45) is 2.11. The summed E-state index contributed by atoms with van der Waals surface area (Å²) >= 11 is 0. The fraction of sp³-hybridized carbons (Fsp3) is 0.571. The van der Waals surface area contributed by atoms with Gasteiger partial charge in [-0.15, -0.1) is 0 Å². The van der Waals surface area contributed by atoms with Gasteiger partial charge >= 0.3 is 5.97 Å². The Kier molecular flexibility index (Phi) is 7.82. The second-order valence-corrected chi connectivity index (χ2v) is 7.14. The maximum absolute atomic E-state index is 12.6. The highest BCUT2D eigenvalue weighted by atomic mass is 16.4. The molecular formula is C21H30N2O4. The van der Waals surface area contributed by atoms with E-state index in [0.717, 1.165) is 18.4 Å². The van der Waals surface area contributed by atoms with Crippen LogP contribution >= 0.6 is 0 Å². The topological polar surface area (TPSA) is 77.9 Å². The highest BCUT2D eigenvalue weighted by molar-refractivity contribution is 5.85. The minimum absolute atomic E-state index is 0.000593. The lowest BCUT2D eigenvalue weighted by Gasteiger charge is -2.22. The third-order valence-corrected chi connectivity index (χ3v) is 5.11. The fourth-order valence-electron chi connectivity index (χ4n) is 3.73. The number of aliphatic carboxylic acids is 1. The predicted molar refractivity (Wildman–Crippen MR) is 103 cm³/mol. The van der Waals surface area contributed by atoms with E-state index in [-0.39, 0.29) is 37.1 Å². The number of hydrogen-bond donors (Lipinski definition) is 1. The third kappa shape index (κ3) is 5.55. The van der Waals surface area contributed by atoms with Crippen molar-refractivity contribution in [1.82, 2.24) is 9.80 Å². The van der Waals surface area contributed by atoms with Gasteiger partial charge in [-0.1, -0.05) is 44.2 Å². The van der Waals surface area contributed by atoms with Crippen LogP contribution in [0.4, 0.5) is 0 Å². The molecule has 0 saturated carbocycles. The number of carbonyl (C=O) groups is 3. The van der Waals surface area contributed by atoms with Crippen LogP contribution in [0.1, 0.15) is 51.0 Å². The predicted octanol–water partition coefficient (Wildman–Crippen LogP) is 2.74. The Labute approximate surface area is 161 Å². The van der Waals surface area contributed by atoms with Crippen molar-refractivity contribution >= 4 is 17.8 Å². The van der Waals surface area contributed by atoms with E-state index < -0.39 is 11.9 Å². The molecule has 2 rings (SSSR count). The largest absolute Gasteiger partial charge is 0.481 e. The Morgan fingerprint density at radius 3 is 2.22 bits per heavy atom. The monoisotopic (exact) mass is 374 g/mol. The van der Waals surface area contributed by atoms with Crippen molar-refractivity contribution in [2.75, 3.05) is 26.2 Å². The van der Waals surface area contributed by atoms with Crippen LogP contribution in [-0.2, 0) is 14.4 Å². The van der Waals surface area contributed by atoms with Crippen molar-refractivity contribution in [3.05, 3.63) is 35.9 Å². The summed E-state index contributed by atoms with van der Waals surface area (Å²) < 4.78 is 0. The van der Waals surface area contributed by atoms with E-state index in [0.29, 0.717) is 19.6 Å². The number of carboxylic acids is 1. The molecule has 1 aliphatic heterocycles. The molecule has 2 unspecified atom stereocenters. The molecule has 2 amide bonds. The third-order valence-electron chi connectivity index (χ3n) is 5.11. The van der Waals surface area contributed by atoms with E-state index in [1.165, 1.54) is 0 Å². The van der Waals surface area contributed by atoms with Gasteiger partial charge in [-0.05, 0) is 18.4 Å². The Morgan fingerprint density at radius 2 is 1.67 bits per heavy atom. The van der Waals surface area contributed by atoms with Crippen molar-refractivity contribution in [3.63, 3.8) is 0 Å². The molecule has 1 aliphatic rings. The minimum atomic E-state index is -0.882. The fourth-order valence-corrected chi connectivity index (χ4v) is 3.73. The summed E-state index contributed by atoms with van der Waals surface area (Å²) in [5, 5.41) is 9.55. The van der Waals surface area contributed by atoms with Gasteiger partial charge in [0.1, 0.15) is 0 Å². The number of hydrogen-bond acceptors (Lipinski definition) is 3. The van der Waals surface area contributed by atoms with Gasteiger partial charge < -0.3 is 14.9 Å². The minimum Gasteiger partial charge on any atom is -0.481 e. The van der Waals surface area contributed by atoms with Gasteiger partial charge in [0.25, 0.3) is 0 Å². The number of nitrogens with zero attached hydrogens (tertiary/aromatic N) is 2. The summed E-state index contributed by atoms with van der Waals surface area (Å²) in [6.45, 7) is 6.07. The zero-order valence-corrected chi connectivity index (χ0v) is 16.3. The molecule has 148 valence electrons. The normalized spacial score (nSPS) is 19.1. The number of carboxylic acid groups (broad SMARTS) is 1. The molecule has 6 nitrogen and oxygen atoms in total. The summed E-state index contributed by atoms with van der Waals surface area (Å²) in [5.41, 5.74) is 0.938. The van der Waals surface area contributed by atoms with Crippen molar-refractivity contribution in [2.24, 2.45) is 5.92 Å². The van der Waals surface area contributed by atoms with E-state index in [1.54, 1.807) is 4.90 Å². The van der Waals surface area contributed by atoms with Gasteiger partial charge in [-0.2, -0.15) is 0 Å². The quantitative estimate of drug-likeness (QED) is 0.721. The second-order valence-electron chi connectivity index (χ2n) is 7.14. The summed E-state index contributed by atoms with van der Waals surface area (Å²) in [5.74, 6) is -1.84. The van der Waals surface area contributed by atoms with Gasteiger partial charge in [-0.3, -0.25) is 14.4 Å². The van der Waals surface area contributed by atoms with Crippen LogP contribution in [0.25, 0.3) is 0 Å². The van der Waals surface area contributed by atoms with Crippen LogP contribution in [0.5, 0.6) is 0 Å². The lowest BCUT2D eigenvalue weighted by molar-refractivity contribution is -0.142. The number of rotatable bonds is 9.